The van der Waals surface area contributed by atoms with Gasteiger partial charge in [0.1, 0.15) is 15.6 Å². The summed E-state index contributed by atoms with van der Waals surface area (Å²) in [7, 11) is -1.99. The summed E-state index contributed by atoms with van der Waals surface area (Å²) in [5, 5.41) is 0. The van der Waals surface area contributed by atoms with Crippen molar-refractivity contribution in [3.63, 3.8) is 0 Å². The zero-order valence-electron chi connectivity index (χ0n) is 11.2. The summed E-state index contributed by atoms with van der Waals surface area (Å²) in [6.45, 7) is 5.88. The topological polar surface area (TPSA) is 101 Å². The smallest absolute Gasteiger partial charge is 0.328 e. The van der Waals surface area contributed by atoms with E-state index in [9.17, 15) is 9.59 Å². The number of nitrogens with one attached hydrogen (secondary N) is 2. The summed E-state index contributed by atoms with van der Waals surface area (Å²) >= 11 is 2.02. The molecule has 2 heterocycles. The van der Waals surface area contributed by atoms with Crippen LogP contribution in [0, 0.1) is 3.70 Å². The van der Waals surface area contributed by atoms with Crippen molar-refractivity contribution in [2.45, 2.75) is 19.6 Å². The molecule has 0 unspecified atom stereocenters. The van der Waals surface area contributed by atoms with E-state index in [0.717, 1.165) is 0 Å². The van der Waals surface area contributed by atoms with E-state index in [1.807, 2.05) is 42.2 Å². The summed E-state index contributed by atoms with van der Waals surface area (Å²) in [6, 6.07) is 1.65. The number of hydrogen-bond donors (Lipinski definition) is 2. The number of H-pyrrole nitrogens is 2. The molecule has 0 saturated carbocycles. The van der Waals surface area contributed by atoms with Crippen LogP contribution in [0.25, 0.3) is 11.3 Å². The standard InChI is InChI=1S/C11H13IN4O3Si/c1-20(2,3)19-10-8(9(17)15-11(18)16-10)6-4-7(12)14-5-13-6/h4-5H,1-3H3,(H2,15,16,17,18). The second-order valence-electron chi connectivity index (χ2n) is 5.05. The molecule has 106 valence electrons. The fraction of sp³-hybridized carbons (Fsp3) is 0.273. The number of aromatic nitrogens is 4. The van der Waals surface area contributed by atoms with Gasteiger partial charge in [-0.05, 0) is 48.3 Å². The van der Waals surface area contributed by atoms with E-state index in [1.54, 1.807) is 6.07 Å². The molecule has 0 bridgehead atoms. The van der Waals surface area contributed by atoms with E-state index >= 15 is 0 Å². The predicted octanol–water partition coefficient (Wildman–Crippen LogP) is 1.34. The van der Waals surface area contributed by atoms with Crippen molar-refractivity contribution >= 4 is 30.9 Å². The highest BCUT2D eigenvalue weighted by Crippen LogP contribution is 2.24. The second-order valence-corrected chi connectivity index (χ2v) is 10.6. The van der Waals surface area contributed by atoms with E-state index in [-0.39, 0.29) is 11.4 Å². The van der Waals surface area contributed by atoms with Gasteiger partial charge < -0.3 is 4.43 Å². The van der Waals surface area contributed by atoms with Gasteiger partial charge >= 0.3 is 5.69 Å². The zero-order chi connectivity index (χ0) is 14.9. The molecule has 0 fully saturated rings. The second kappa shape index (κ2) is 5.48. The van der Waals surface area contributed by atoms with E-state index in [1.165, 1.54) is 6.33 Å². The number of hydrogen-bond acceptors (Lipinski definition) is 5. The van der Waals surface area contributed by atoms with Crippen molar-refractivity contribution in [2.24, 2.45) is 0 Å². The van der Waals surface area contributed by atoms with Crippen LogP contribution in [0.15, 0.2) is 22.0 Å². The first-order valence-corrected chi connectivity index (χ1v) is 10.3. The molecule has 2 aromatic heterocycles. The molecule has 2 aromatic rings. The average molecular weight is 404 g/mol. The van der Waals surface area contributed by atoms with Crippen LogP contribution in [0.4, 0.5) is 0 Å². The average Bonchev–Trinajstić information content (AvgIpc) is 2.25. The molecule has 0 atom stereocenters. The molecule has 9 heteroatoms. The lowest BCUT2D eigenvalue weighted by Gasteiger charge is -2.20. The third-order valence-electron chi connectivity index (χ3n) is 2.21. The van der Waals surface area contributed by atoms with E-state index in [2.05, 4.69) is 19.9 Å². The maximum absolute atomic E-state index is 12.1. The Balaban J connectivity index is 2.68. The summed E-state index contributed by atoms with van der Waals surface area (Å²) in [6.07, 6.45) is 1.36. The Hall–Kier alpha value is -1.49. The Morgan fingerprint density at radius 1 is 1.20 bits per heavy atom. The van der Waals surface area contributed by atoms with Gasteiger partial charge in [-0.3, -0.25) is 14.8 Å². The lowest BCUT2D eigenvalue weighted by molar-refractivity contribution is 0.530. The van der Waals surface area contributed by atoms with Gasteiger partial charge in [0.2, 0.25) is 8.32 Å². The van der Waals surface area contributed by atoms with Crippen molar-refractivity contribution in [1.82, 2.24) is 19.9 Å². The van der Waals surface area contributed by atoms with Crippen LogP contribution in [-0.4, -0.2) is 28.3 Å². The Morgan fingerprint density at radius 2 is 1.90 bits per heavy atom. The minimum atomic E-state index is -1.99. The summed E-state index contributed by atoms with van der Waals surface area (Å²) in [5.41, 5.74) is -0.505. The van der Waals surface area contributed by atoms with Crippen LogP contribution in [0.1, 0.15) is 0 Å². The summed E-state index contributed by atoms with van der Waals surface area (Å²) in [4.78, 5) is 36.3. The number of halogens is 1. The number of aromatic amines is 2. The first-order valence-electron chi connectivity index (χ1n) is 5.80. The minimum absolute atomic E-state index is 0.160. The number of rotatable bonds is 3. The van der Waals surface area contributed by atoms with Gasteiger partial charge in [-0.1, -0.05) is 0 Å². The first kappa shape index (κ1) is 14.9. The van der Waals surface area contributed by atoms with Crippen LogP contribution >= 0.6 is 22.6 Å². The first-order chi connectivity index (χ1) is 9.26. The fourth-order valence-electron chi connectivity index (χ4n) is 1.55. The molecule has 0 amide bonds. The van der Waals surface area contributed by atoms with Crippen LogP contribution in [0.5, 0.6) is 5.88 Å². The molecule has 0 aromatic carbocycles. The van der Waals surface area contributed by atoms with Crippen LogP contribution in [0.2, 0.25) is 19.6 Å². The molecule has 0 radical (unpaired) electrons. The van der Waals surface area contributed by atoms with E-state index < -0.39 is 19.6 Å². The van der Waals surface area contributed by atoms with Crippen molar-refractivity contribution < 1.29 is 4.43 Å². The summed E-state index contributed by atoms with van der Waals surface area (Å²) < 4.78 is 6.48. The monoisotopic (exact) mass is 404 g/mol. The Kier molecular flexibility index (Phi) is 4.08. The molecule has 0 aliphatic carbocycles. The highest BCUT2D eigenvalue weighted by atomic mass is 127. The molecule has 20 heavy (non-hydrogen) atoms. The normalized spacial score (nSPS) is 11.4. The largest absolute Gasteiger partial charge is 0.532 e. The molecule has 0 aliphatic heterocycles. The SMILES string of the molecule is C[Si](C)(C)Oc1[nH]c(=O)[nH]c(=O)c1-c1cc(I)ncn1. The van der Waals surface area contributed by atoms with E-state index in [0.29, 0.717) is 9.39 Å². The third kappa shape index (κ3) is 3.54. The van der Waals surface area contributed by atoms with Gasteiger partial charge in [-0.25, -0.2) is 14.8 Å². The van der Waals surface area contributed by atoms with Gasteiger partial charge in [0, 0.05) is 0 Å². The Bertz CT molecular complexity index is 750. The molecule has 0 aliphatic rings. The van der Waals surface area contributed by atoms with Crippen LogP contribution < -0.4 is 15.7 Å². The van der Waals surface area contributed by atoms with E-state index in [4.69, 9.17) is 4.43 Å². The minimum Gasteiger partial charge on any atom is -0.532 e. The van der Waals surface area contributed by atoms with Crippen molar-refractivity contribution in [3.05, 3.63) is 36.9 Å². The molecule has 7 nitrogen and oxygen atoms in total. The lowest BCUT2D eigenvalue weighted by atomic mass is 10.2. The lowest BCUT2D eigenvalue weighted by Crippen LogP contribution is -2.33. The third-order valence-corrected chi connectivity index (χ3v) is 3.61. The van der Waals surface area contributed by atoms with Crippen molar-refractivity contribution in [1.29, 1.82) is 0 Å². The molecule has 2 rings (SSSR count). The van der Waals surface area contributed by atoms with Crippen molar-refractivity contribution in [2.75, 3.05) is 0 Å². The van der Waals surface area contributed by atoms with Crippen LogP contribution in [0.3, 0.4) is 0 Å². The highest BCUT2D eigenvalue weighted by Gasteiger charge is 2.22. The zero-order valence-corrected chi connectivity index (χ0v) is 14.3. The van der Waals surface area contributed by atoms with Crippen molar-refractivity contribution in [3.8, 4) is 17.1 Å². The Labute approximate surface area is 129 Å². The molecule has 0 saturated heterocycles. The Morgan fingerprint density at radius 3 is 2.50 bits per heavy atom. The highest BCUT2D eigenvalue weighted by molar-refractivity contribution is 14.1. The predicted molar refractivity (Wildman–Crippen MR) is 85.4 cm³/mol. The molecule has 0 spiro atoms. The van der Waals surface area contributed by atoms with Gasteiger partial charge in [-0.15, -0.1) is 0 Å². The quantitative estimate of drug-likeness (QED) is 0.457. The maximum Gasteiger partial charge on any atom is 0.328 e. The van der Waals surface area contributed by atoms with Gasteiger partial charge in [0.25, 0.3) is 5.56 Å². The van der Waals surface area contributed by atoms with Gasteiger partial charge in [0.15, 0.2) is 5.88 Å². The summed E-state index contributed by atoms with van der Waals surface area (Å²) in [5.74, 6) is 0.160. The molecular formula is C11H13IN4O3Si. The molecule has 2 N–H and O–H groups in total. The van der Waals surface area contributed by atoms with Gasteiger partial charge in [-0.2, -0.15) is 0 Å². The molecular weight excluding hydrogens is 391 g/mol. The number of nitrogens with zero attached hydrogens (tertiary/aromatic N) is 2. The van der Waals surface area contributed by atoms with Gasteiger partial charge in [0.05, 0.1) is 5.69 Å². The fourth-order valence-corrected chi connectivity index (χ4v) is 2.74. The van der Waals surface area contributed by atoms with Crippen LogP contribution in [-0.2, 0) is 0 Å². The maximum atomic E-state index is 12.1.